The molecule has 0 aliphatic heterocycles. The van der Waals surface area contributed by atoms with Crippen LogP contribution < -0.4 is 10.1 Å². The lowest BCUT2D eigenvalue weighted by atomic mass is 9.69. The van der Waals surface area contributed by atoms with Crippen LogP contribution in [-0.2, 0) is 0 Å². The second-order valence-electron chi connectivity index (χ2n) is 6.88. The van der Waals surface area contributed by atoms with Gasteiger partial charge in [0.15, 0.2) is 0 Å². The van der Waals surface area contributed by atoms with Gasteiger partial charge in [-0.2, -0.15) is 0 Å². The first-order valence-corrected chi connectivity index (χ1v) is 8.85. The standard InChI is InChI=1S/C18H28BrNO/c1-5-18(2,3)13-6-8-14(9-7-13)20-15-10-11-17(21-4)16(19)12-15/h10-14,20H,5-9H2,1-4H3. The van der Waals surface area contributed by atoms with Gasteiger partial charge in [-0.15, -0.1) is 0 Å². The van der Waals surface area contributed by atoms with E-state index < -0.39 is 0 Å². The molecule has 0 unspecified atom stereocenters. The number of halogens is 1. The monoisotopic (exact) mass is 353 g/mol. The fourth-order valence-corrected chi connectivity index (χ4v) is 3.84. The molecule has 0 saturated heterocycles. The van der Waals surface area contributed by atoms with Gasteiger partial charge in [0.25, 0.3) is 0 Å². The normalized spacial score (nSPS) is 22.9. The number of hydrogen-bond acceptors (Lipinski definition) is 2. The van der Waals surface area contributed by atoms with Crippen LogP contribution in [0.2, 0.25) is 0 Å². The molecule has 1 aromatic rings. The Morgan fingerprint density at radius 2 is 1.90 bits per heavy atom. The molecule has 2 nitrogen and oxygen atoms in total. The number of hydrogen-bond donors (Lipinski definition) is 1. The molecule has 21 heavy (non-hydrogen) atoms. The summed E-state index contributed by atoms with van der Waals surface area (Å²) in [6.07, 6.45) is 6.52. The third kappa shape index (κ3) is 4.15. The predicted molar refractivity (Wildman–Crippen MR) is 94.1 cm³/mol. The molecule has 0 atom stereocenters. The van der Waals surface area contributed by atoms with Crippen LogP contribution in [0.3, 0.4) is 0 Å². The predicted octanol–water partition coefficient (Wildman–Crippen LogP) is 5.86. The van der Waals surface area contributed by atoms with E-state index in [4.69, 9.17) is 4.74 Å². The lowest BCUT2D eigenvalue weighted by Crippen LogP contribution is -2.32. The Morgan fingerprint density at radius 1 is 1.24 bits per heavy atom. The van der Waals surface area contributed by atoms with Crippen LogP contribution in [0.5, 0.6) is 5.75 Å². The largest absolute Gasteiger partial charge is 0.496 e. The Bertz CT molecular complexity index is 464. The lowest BCUT2D eigenvalue weighted by molar-refractivity contribution is 0.147. The van der Waals surface area contributed by atoms with Crippen LogP contribution in [0.4, 0.5) is 5.69 Å². The van der Waals surface area contributed by atoms with Gasteiger partial charge in [-0.1, -0.05) is 27.2 Å². The topological polar surface area (TPSA) is 21.3 Å². The molecule has 118 valence electrons. The molecular weight excluding hydrogens is 326 g/mol. The highest BCUT2D eigenvalue weighted by atomic mass is 79.9. The molecule has 0 aromatic heterocycles. The smallest absolute Gasteiger partial charge is 0.133 e. The van der Waals surface area contributed by atoms with E-state index in [1.165, 1.54) is 37.8 Å². The highest BCUT2D eigenvalue weighted by molar-refractivity contribution is 9.10. The van der Waals surface area contributed by atoms with Gasteiger partial charge in [0.2, 0.25) is 0 Å². The number of anilines is 1. The Hall–Kier alpha value is -0.700. The Balaban J connectivity index is 1.90. The van der Waals surface area contributed by atoms with Gasteiger partial charge < -0.3 is 10.1 Å². The summed E-state index contributed by atoms with van der Waals surface area (Å²) in [5, 5.41) is 3.68. The number of nitrogens with one attached hydrogen (secondary N) is 1. The fourth-order valence-electron chi connectivity index (χ4n) is 3.30. The summed E-state index contributed by atoms with van der Waals surface area (Å²) in [4.78, 5) is 0. The van der Waals surface area contributed by atoms with E-state index in [1.54, 1.807) is 7.11 Å². The molecular formula is C18H28BrNO. The summed E-state index contributed by atoms with van der Waals surface area (Å²) in [5.74, 6) is 1.76. The zero-order chi connectivity index (χ0) is 15.5. The first-order valence-electron chi connectivity index (χ1n) is 8.06. The van der Waals surface area contributed by atoms with E-state index in [2.05, 4.69) is 54.2 Å². The minimum absolute atomic E-state index is 0.494. The minimum atomic E-state index is 0.494. The van der Waals surface area contributed by atoms with Crippen molar-refractivity contribution in [3.63, 3.8) is 0 Å². The van der Waals surface area contributed by atoms with Gasteiger partial charge in [0, 0.05) is 11.7 Å². The highest BCUT2D eigenvalue weighted by Gasteiger charge is 2.31. The van der Waals surface area contributed by atoms with E-state index in [0.717, 1.165) is 16.1 Å². The van der Waals surface area contributed by atoms with Gasteiger partial charge in [-0.3, -0.25) is 0 Å². The van der Waals surface area contributed by atoms with Crippen molar-refractivity contribution in [3.05, 3.63) is 22.7 Å². The summed E-state index contributed by atoms with van der Waals surface area (Å²) < 4.78 is 6.29. The lowest BCUT2D eigenvalue weighted by Gasteiger charge is -2.39. The zero-order valence-corrected chi connectivity index (χ0v) is 15.3. The number of rotatable bonds is 5. The second-order valence-corrected chi connectivity index (χ2v) is 7.74. The van der Waals surface area contributed by atoms with Crippen LogP contribution in [0.15, 0.2) is 22.7 Å². The van der Waals surface area contributed by atoms with E-state index >= 15 is 0 Å². The van der Waals surface area contributed by atoms with Gasteiger partial charge in [0.1, 0.15) is 5.75 Å². The molecule has 0 bridgehead atoms. The first kappa shape index (κ1) is 16.7. The van der Waals surface area contributed by atoms with Crippen molar-refractivity contribution < 1.29 is 4.74 Å². The van der Waals surface area contributed by atoms with Crippen LogP contribution in [0.25, 0.3) is 0 Å². The van der Waals surface area contributed by atoms with E-state index in [-0.39, 0.29) is 0 Å². The molecule has 1 aromatic carbocycles. The first-order chi connectivity index (χ1) is 9.96. The van der Waals surface area contributed by atoms with Crippen molar-refractivity contribution >= 4 is 21.6 Å². The SMILES string of the molecule is CCC(C)(C)C1CCC(Nc2ccc(OC)c(Br)c2)CC1. The maximum Gasteiger partial charge on any atom is 0.133 e. The second kappa shape index (κ2) is 7.04. The molecule has 1 aliphatic carbocycles. The van der Waals surface area contributed by atoms with Gasteiger partial charge in [-0.05, 0) is 71.1 Å². The van der Waals surface area contributed by atoms with Crippen LogP contribution in [0.1, 0.15) is 52.9 Å². The summed E-state index contributed by atoms with van der Waals surface area (Å²) in [7, 11) is 1.70. The van der Waals surface area contributed by atoms with Crippen molar-refractivity contribution in [3.8, 4) is 5.75 Å². The summed E-state index contributed by atoms with van der Waals surface area (Å²) in [6.45, 7) is 7.16. The molecule has 3 heteroatoms. The molecule has 1 saturated carbocycles. The maximum absolute atomic E-state index is 5.28. The van der Waals surface area contributed by atoms with Gasteiger partial charge in [0.05, 0.1) is 11.6 Å². The molecule has 0 heterocycles. The third-order valence-corrected chi connectivity index (χ3v) is 5.89. The molecule has 1 N–H and O–H groups in total. The molecule has 0 radical (unpaired) electrons. The molecule has 2 rings (SSSR count). The molecule has 1 fully saturated rings. The van der Waals surface area contributed by atoms with Crippen LogP contribution in [-0.4, -0.2) is 13.2 Å². The molecule has 0 spiro atoms. The summed E-state index contributed by atoms with van der Waals surface area (Å²) in [6, 6.07) is 6.83. The zero-order valence-electron chi connectivity index (χ0n) is 13.7. The molecule has 1 aliphatic rings. The Morgan fingerprint density at radius 3 is 2.43 bits per heavy atom. The van der Waals surface area contributed by atoms with E-state index in [9.17, 15) is 0 Å². The third-order valence-electron chi connectivity index (χ3n) is 5.27. The average Bonchev–Trinajstić information content (AvgIpc) is 2.48. The van der Waals surface area contributed by atoms with Crippen molar-refractivity contribution in [1.29, 1.82) is 0 Å². The maximum atomic E-state index is 5.28. The summed E-state index contributed by atoms with van der Waals surface area (Å²) in [5.41, 5.74) is 1.68. The van der Waals surface area contributed by atoms with Crippen molar-refractivity contribution in [2.75, 3.05) is 12.4 Å². The Kier molecular flexibility index (Phi) is 5.59. The van der Waals surface area contributed by atoms with E-state index in [0.29, 0.717) is 11.5 Å². The van der Waals surface area contributed by atoms with Gasteiger partial charge >= 0.3 is 0 Å². The van der Waals surface area contributed by atoms with E-state index in [1.807, 2.05) is 6.07 Å². The Labute approximate surface area is 137 Å². The fraction of sp³-hybridized carbons (Fsp3) is 0.667. The average molecular weight is 354 g/mol. The highest BCUT2D eigenvalue weighted by Crippen LogP contribution is 2.41. The summed E-state index contributed by atoms with van der Waals surface area (Å²) >= 11 is 3.55. The quantitative estimate of drug-likeness (QED) is 0.715. The number of benzene rings is 1. The molecule has 0 amide bonds. The van der Waals surface area contributed by atoms with Crippen molar-refractivity contribution in [2.45, 2.75) is 58.9 Å². The van der Waals surface area contributed by atoms with Crippen molar-refractivity contribution in [2.24, 2.45) is 11.3 Å². The number of ether oxygens (including phenoxy) is 1. The van der Waals surface area contributed by atoms with Crippen LogP contribution in [0, 0.1) is 11.3 Å². The van der Waals surface area contributed by atoms with Crippen LogP contribution >= 0.6 is 15.9 Å². The minimum Gasteiger partial charge on any atom is -0.496 e. The van der Waals surface area contributed by atoms with Crippen molar-refractivity contribution in [1.82, 2.24) is 0 Å². The van der Waals surface area contributed by atoms with Gasteiger partial charge in [-0.25, -0.2) is 0 Å². The number of methoxy groups -OCH3 is 1.